The minimum absolute atomic E-state index is 0.0297. The summed E-state index contributed by atoms with van der Waals surface area (Å²) in [4.78, 5) is 18.7. The van der Waals surface area contributed by atoms with Gasteiger partial charge in [0.2, 0.25) is 0 Å². The highest BCUT2D eigenvalue weighted by atomic mass is 16.1. The van der Waals surface area contributed by atoms with Gasteiger partial charge in [0, 0.05) is 25.8 Å². The van der Waals surface area contributed by atoms with Crippen molar-refractivity contribution in [3.8, 4) is 0 Å². The molecular formula is C17H29N3O. The van der Waals surface area contributed by atoms with Gasteiger partial charge in [-0.05, 0) is 31.2 Å². The smallest absolute Gasteiger partial charge is 0.252 e. The second-order valence-electron chi connectivity index (χ2n) is 5.86. The first kappa shape index (κ1) is 17.5. The molecular weight excluding hydrogens is 262 g/mol. The Morgan fingerprint density at radius 3 is 2.48 bits per heavy atom. The van der Waals surface area contributed by atoms with Gasteiger partial charge in [0.1, 0.15) is 0 Å². The average molecular weight is 291 g/mol. The molecule has 0 saturated heterocycles. The van der Waals surface area contributed by atoms with E-state index in [-0.39, 0.29) is 5.91 Å². The van der Waals surface area contributed by atoms with E-state index in [0.29, 0.717) is 18.0 Å². The summed E-state index contributed by atoms with van der Waals surface area (Å²) in [5.74, 6) is 0.567. The maximum Gasteiger partial charge on any atom is 0.252 e. The third kappa shape index (κ3) is 6.15. The molecule has 0 fully saturated rings. The normalized spacial score (nSPS) is 10.7. The summed E-state index contributed by atoms with van der Waals surface area (Å²) in [6.07, 6.45) is 6.66. The minimum Gasteiger partial charge on any atom is -0.370 e. The molecule has 0 aliphatic carbocycles. The Labute approximate surface area is 129 Å². The molecule has 0 aliphatic heterocycles. The van der Waals surface area contributed by atoms with Gasteiger partial charge in [-0.25, -0.2) is 0 Å². The van der Waals surface area contributed by atoms with E-state index in [1.165, 1.54) is 0 Å². The molecule has 1 heterocycles. The van der Waals surface area contributed by atoms with Gasteiger partial charge >= 0.3 is 0 Å². The van der Waals surface area contributed by atoms with Crippen LogP contribution in [0.5, 0.6) is 0 Å². The van der Waals surface area contributed by atoms with Crippen molar-refractivity contribution < 1.29 is 4.79 Å². The minimum atomic E-state index is -0.0297. The second-order valence-corrected chi connectivity index (χ2v) is 5.86. The van der Waals surface area contributed by atoms with E-state index in [1.54, 1.807) is 6.20 Å². The number of nitrogens with one attached hydrogen (secondary N) is 1. The van der Waals surface area contributed by atoms with Gasteiger partial charge in [0.15, 0.2) is 0 Å². The molecule has 0 bridgehead atoms. The van der Waals surface area contributed by atoms with Crippen molar-refractivity contribution in [2.75, 3.05) is 24.5 Å². The van der Waals surface area contributed by atoms with Crippen LogP contribution in [0.15, 0.2) is 18.5 Å². The van der Waals surface area contributed by atoms with Crippen molar-refractivity contribution in [1.29, 1.82) is 0 Å². The highest BCUT2D eigenvalue weighted by molar-refractivity contribution is 5.94. The molecule has 0 radical (unpaired) electrons. The highest BCUT2D eigenvalue weighted by Gasteiger charge is 2.10. The lowest BCUT2D eigenvalue weighted by molar-refractivity contribution is 0.0951. The maximum absolute atomic E-state index is 12.1. The highest BCUT2D eigenvalue weighted by Crippen LogP contribution is 2.15. The number of amides is 1. The number of carbonyl (C=O) groups excluding carboxylic acids is 1. The number of aromatic nitrogens is 1. The summed E-state index contributed by atoms with van der Waals surface area (Å²) >= 11 is 0. The fourth-order valence-corrected chi connectivity index (χ4v) is 2.21. The Kier molecular flexibility index (Phi) is 7.80. The van der Waals surface area contributed by atoms with Crippen molar-refractivity contribution in [1.82, 2.24) is 10.3 Å². The molecule has 1 aromatic heterocycles. The van der Waals surface area contributed by atoms with Gasteiger partial charge in [-0.15, -0.1) is 0 Å². The average Bonchev–Trinajstić information content (AvgIpc) is 2.46. The van der Waals surface area contributed by atoms with E-state index in [0.717, 1.165) is 38.0 Å². The van der Waals surface area contributed by atoms with Crippen LogP contribution in [0.4, 0.5) is 5.69 Å². The van der Waals surface area contributed by atoms with Crippen molar-refractivity contribution in [3.63, 3.8) is 0 Å². The molecule has 0 aromatic carbocycles. The molecule has 0 atom stereocenters. The third-order valence-corrected chi connectivity index (χ3v) is 3.35. The summed E-state index contributed by atoms with van der Waals surface area (Å²) in [7, 11) is 0. The Balaban J connectivity index is 2.71. The number of nitrogens with zero attached hydrogens (tertiary/aromatic N) is 2. The second kappa shape index (κ2) is 9.37. The molecule has 1 aromatic rings. The lowest BCUT2D eigenvalue weighted by Crippen LogP contribution is -2.27. The summed E-state index contributed by atoms with van der Waals surface area (Å²) in [6.45, 7) is 11.3. The van der Waals surface area contributed by atoms with E-state index >= 15 is 0 Å². The molecule has 21 heavy (non-hydrogen) atoms. The van der Waals surface area contributed by atoms with Crippen LogP contribution >= 0.6 is 0 Å². The largest absolute Gasteiger partial charge is 0.370 e. The first-order valence-corrected chi connectivity index (χ1v) is 8.06. The fraction of sp³-hybridized carbons (Fsp3) is 0.647. The van der Waals surface area contributed by atoms with Crippen LogP contribution in [-0.2, 0) is 0 Å². The van der Waals surface area contributed by atoms with Crippen LogP contribution in [0.2, 0.25) is 0 Å². The molecule has 4 nitrogen and oxygen atoms in total. The van der Waals surface area contributed by atoms with Crippen LogP contribution in [0.25, 0.3) is 0 Å². The number of pyridine rings is 1. The topological polar surface area (TPSA) is 45.2 Å². The third-order valence-electron chi connectivity index (χ3n) is 3.35. The van der Waals surface area contributed by atoms with Gasteiger partial charge in [0.25, 0.3) is 5.91 Å². The summed E-state index contributed by atoms with van der Waals surface area (Å²) < 4.78 is 0. The van der Waals surface area contributed by atoms with Gasteiger partial charge in [0.05, 0.1) is 17.4 Å². The van der Waals surface area contributed by atoms with Crippen molar-refractivity contribution in [2.45, 2.75) is 47.0 Å². The standard InChI is InChI=1S/C17H29N3O/c1-5-9-20(10-6-2)16-11-15(12-18-13-16)17(21)19-8-7-14(3)4/h11-14H,5-10H2,1-4H3,(H,19,21). The number of hydrogen-bond donors (Lipinski definition) is 1. The zero-order valence-electron chi connectivity index (χ0n) is 13.9. The molecule has 0 aliphatic rings. The van der Waals surface area contributed by atoms with Crippen LogP contribution in [0, 0.1) is 5.92 Å². The van der Waals surface area contributed by atoms with Crippen LogP contribution in [-0.4, -0.2) is 30.5 Å². The van der Waals surface area contributed by atoms with E-state index in [2.05, 4.69) is 42.9 Å². The zero-order valence-corrected chi connectivity index (χ0v) is 13.9. The Morgan fingerprint density at radius 1 is 1.24 bits per heavy atom. The first-order valence-electron chi connectivity index (χ1n) is 8.06. The molecule has 0 spiro atoms. The quantitative estimate of drug-likeness (QED) is 0.757. The Hall–Kier alpha value is -1.58. The van der Waals surface area contributed by atoms with Gasteiger partial charge in [-0.3, -0.25) is 9.78 Å². The Bertz CT molecular complexity index is 426. The summed E-state index contributed by atoms with van der Waals surface area (Å²) in [5, 5.41) is 2.96. The van der Waals surface area contributed by atoms with Crippen LogP contribution in [0.1, 0.15) is 57.3 Å². The summed E-state index contributed by atoms with van der Waals surface area (Å²) in [5.41, 5.74) is 1.68. The lowest BCUT2D eigenvalue weighted by atomic mass is 10.1. The van der Waals surface area contributed by atoms with Crippen molar-refractivity contribution in [2.24, 2.45) is 5.92 Å². The number of hydrogen-bond acceptors (Lipinski definition) is 3. The van der Waals surface area contributed by atoms with Gasteiger partial charge < -0.3 is 10.2 Å². The number of rotatable bonds is 9. The molecule has 4 heteroatoms. The molecule has 0 unspecified atom stereocenters. The molecule has 1 amide bonds. The van der Waals surface area contributed by atoms with Crippen molar-refractivity contribution in [3.05, 3.63) is 24.0 Å². The monoisotopic (exact) mass is 291 g/mol. The molecule has 0 saturated carbocycles. The first-order chi connectivity index (χ1) is 10.1. The van der Waals surface area contributed by atoms with Gasteiger partial charge in [-0.2, -0.15) is 0 Å². The SMILES string of the molecule is CCCN(CCC)c1cncc(C(=O)NCCC(C)C)c1. The molecule has 1 rings (SSSR count). The fourth-order valence-electron chi connectivity index (χ4n) is 2.21. The predicted octanol–water partition coefficient (Wildman–Crippen LogP) is 3.48. The molecule has 118 valence electrons. The predicted molar refractivity (Wildman–Crippen MR) is 88.8 cm³/mol. The lowest BCUT2D eigenvalue weighted by Gasteiger charge is -2.23. The van der Waals surface area contributed by atoms with Crippen LogP contribution < -0.4 is 10.2 Å². The number of carbonyl (C=O) groups is 1. The summed E-state index contributed by atoms with van der Waals surface area (Å²) in [6, 6.07) is 1.95. The van der Waals surface area contributed by atoms with E-state index < -0.39 is 0 Å². The zero-order chi connectivity index (χ0) is 15.7. The number of anilines is 1. The van der Waals surface area contributed by atoms with E-state index in [9.17, 15) is 4.79 Å². The van der Waals surface area contributed by atoms with E-state index in [1.807, 2.05) is 12.3 Å². The molecule has 1 N–H and O–H groups in total. The van der Waals surface area contributed by atoms with Crippen LogP contribution in [0.3, 0.4) is 0 Å². The van der Waals surface area contributed by atoms with Crippen molar-refractivity contribution >= 4 is 11.6 Å². The van der Waals surface area contributed by atoms with E-state index in [4.69, 9.17) is 0 Å². The van der Waals surface area contributed by atoms with Gasteiger partial charge in [-0.1, -0.05) is 27.7 Å². The maximum atomic E-state index is 12.1. The Morgan fingerprint density at radius 2 is 1.90 bits per heavy atom.